The number of nitrogens with one attached hydrogen (secondary N) is 1. The molecule has 0 saturated heterocycles. The number of benzene rings is 2. The number of hydrogen-bond acceptors (Lipinski definition) is 1. The summed E-state index contributed by atoms with van der Waals surface area (Å²) >= 11 is 12.2. The van der Waals surface area contributed by atoms with Gasteiger partial charge in [0, 0.05) is 15.7 Å². The molecule has 0 radical (unpaired) electrons. The Hall–Kier alpha value is -0.910. The molecule has 2 aromatic carbocycles. The Kier molecular flexibility index (Phi) is 4.60. The van der Waals surface area contributed by atoms with Crippen LogP contribution in [0.2, 0.25) is 5.02 Å². The maximum atomic E-state index is 13.1. The van der Waals surface area contributed by atoms with E-state index >= 15 is 0 Å². The molecule has 1 amide bonds. The molecule has 98 valence electrons. The molecule has 0 aliphatic heterocycles. The molecule has 1 N–H and O–H groups in total. The van der Waals surface area contributed by atoms with Gasteiger partial charge in [0.05, 0.1) is 9.50 Å². The first kappa shape index (κ1) is 14.5. The normalized spacial score (nSPS) is 10.3. The van der Waals surface area contributed by atoms with Gasteiger partial charge >= 0.3 is 0 Å². The smallest absolute Gasteiger partial charge is 0.255 e. The van der Waals surface area contributed by atoms with Crippen LogP contribution in [0.1, 0.15) is 10.4 Å². The molecule has 0 unspecified atom stereocenters. The van der Waals surface area contributed by atoms with Crippen molar-refractivity contribution in [2.24, 2.45) is 0 Å². The van der Waals surface area contributed by atoms with E-state index in [1.807, 2.05) is 0 Å². The number of anilines is 1. The van der Waals surface area contributed by atoms with Gasteiger partial charge in [-0.15, -0.1) is 0 Å². The van der Waals surface area contributed by atoms with Crippen LogP contribution in [0, 0.1) is 5.82 Å². The summed E-state index contributed by atoms with van der Waals surface area (Å²) < 4.78 is 14.0. The SMILES string of the molecule is O=C(Nc1ccc(Cl)c(Br)c1)c1ccc(F)c(Br)c1. The zero-order valence-corrected chi connectivity index (χ0v) is 13.3. The van der Waals surface area contributed by atoms with E-state index in [0.29, 0.717) is 20.7 Å². The Bertz CT molecular complexity index is 649. The summed E-state index contributed by atoms with van der Waals surface area (Å²) in [5, 5.41) is 3.26. The molecule has 0 spiro atoms. The molecule has 0 aliphatic rings. The van der Waals surface area contributed by atoms with E-state index < -0.39 is 5.82 Å². The van der Waals surface area contributed by atoms with Crippen LogP contribution in [0.25, 0.3) is 0 Å². The summed E-state index contributed by atoms with van der Waals surface area (Å²) in [4.78, 5) is 12.0. The second-order valence-corrected chi connectivity index (χ2v) is 5.83. The average Bonchev–Trinajstić information content (AvgIpc) is 2.37. The van der Waals surface area contributed by atoms with Crippen molar-refractivity contribution in [3.63, 3.8) is 0 Å². The van der Waals surface area contributed by atoms with Gasteiger partial charge in [-0.05, 0) is 68.3 Å². The fraction of sp³-hybridized carbons (Fsp3) is 0. The third-order valence-corrected chi connectivity index (χ3v) is 4.18. The first-order chi connectivity index (χ1) is 8.97. The summed E-state index contributed by atoms with van der Waals surface area (Å²) in [7, 11) is 0. The lowest BCUT2D eigenvalue weighted by atomic mass is 10.2. The van der Waals surface area contributed by atoms with Gasteiger partial charge in [0.1, 0.15) is 5.82 Å². The summed E-state index contributed by atoms with van der Waals surface area (Å²) in [6, 6.07) is 9.12. The Morgan fingerprint density at radius 2 is 1.84 bits per heavy atom. The third kappa shape index (κ3) is 3.55. The first-order valence-corrected chi connectivity index (χ1v) is 7.15. The molecule has 19 heavy (non-hydrogen) atoms. The number of carbonyl (C=O) groups excluding carboxylic acids is 1. The predicted molar refractivity (Wildman–Crippen MR) is 81.2 cm³/mol. The lowest BCUT2D eigenvalue weighted by Gasteiger charge is -2.07. The molecule has 0 fully saturated rings. The van der Waals surface area contributed by atoms with E-state index in [1.54, 1.807) is 18.2 Å². The van der Waals surface area contributed by atoms with Gasteiger partial charge in [-0.3, -0.25) is 4.79 Å². The van der Waals surface area contributed by atoms with E-state index in [1.165, 1.54) is 18.2 Å². The Morgan fingerprint density at radius 3 is 2.47 bits per heavy atom. The van der Waals surface area contributed by atoms with Crippen molar-refractivity contribution in [3.8, 4) is 0 Å². The minimum Gasteiger partial charge on any atom is -0.322 e. The monoisotopic (exact) mass is 405 g/mol. The van der Waals surface area contributed by atoms with Gasteiger partial charge in [0.25, 0.3) is 5.91 Å². The molecular weight excluding hydrogens is 400 g/mol. The molecule has 0 heterocycles. The summed E-state index contributed by atoms with van der Waals surface area (Å²) in [6.45, 7) is 0. The maximum absolute atomic E-state index is 13.1. The maximum Gasteiger partial charge on any atom is 0.255 e. The van der Waals surface area contributed by atoms with Crippen molar-refractivity contribution < 1.29 is 9.18 Å². The molecule has 0 saturated carbocycles. The van der Waals surface area contributed by atoms with Crippen molar-refractivity contribution in [3.05, 3.63) is 61.7 Å². The van der Waals surface area contributed by atoms with Crippen LogP contribution in [0.4, 0.5) is 10.1 Å². The molecule has 0 aromatic heterocycles. The van der Waals surface area contributed by atoms with Crippen molar-refractivity contribution >= 4 is 55.1 Å². The lowest BCUT2D eigenvalue weighted by Crippen LogP contribution is -2.12. The largest absolute Gasteiger partial charge is 0.322 e. The number of halogens is 4. The molecule has 2 aromatic rings. The van der Waals surface area contributed by atoms with Gasteiger partial charge in [0.2, 0.25) is 0 Å². The van der Waals surface area contributed by atoms with E-state index in [9.17, 15) is 9.18 Å². The van der Waals surface area contributed by atoms with Crippen molar-refractivity contribution in [2.45, 2.75) is 0 Å². The second-order valence-electron chi connectivity index (χ2n) is 3.71. The quantitative estimate of drug-likeness (QED) is 0.723. The molecule has 0 atom stereocenters. The Labute approximate surface area is 131 Å². The molecule has 0 aliphatic carbocycles. The fourth-order valence-electron chi connectivity index (χ4n) is 1.41. The highest BCUT2D eigenvalue weighted by atomic mass is 79.9. The average molecular weight is 407 g/mol. The van der Waals surface area contributed by atoms with Crippen LogP contribution >= 0.6 is 43.5 Å². The van der Waals surface area contributed by atoms with Gasteiger partial charge in [0.15, 0.2) is 0 Å². The van der Waals surface area contributed by atoms with Crippen LogP contribution in [-0.4, -0.2) is 5.91 Å². The van der Waals surface area contributed by atoms with E-state index in [2.05, 4.69) is 37.2 Å². The minimum absolute atomic E-state index is 0.248. The zero-order chi connectivity index (χ0) is 14.0. The van der Waals surface area contributed by atoms with Gasteiger partial charge in [-0.2, -0.15) is 0 Å². The van der Waals surface area contributed by atoms with Crippen molar-refractivity contribution in [1.29, 1.82) is 0 Å². The molecular formula is C13H7Br2ClFNO. The summed E-state index contributed by atoms with van der Waals surface area (Å²) in [6.07, 6.45) is 0. The standard InChI is InChI=1S/C13H7Br2ClFNO/c14-9-6-8(2-3-11(9)16)18-13(19)7-1-4-12(17)10(15)5-7/h1-6H,(H,18,19). The molecule has 2 rings (SSSR count). The van der Waals surface area contributed by atoms with Gasteiger partial charge in [-0.1, -0.05) is 11.6 Å². The highest BCUT2D eigenvalue weighted by Crippen LogP contribution is 2.26. The third-order valence-electron chi connectivity index (χ3n) is 2.36. The zero-order valence-electron chi connectivity index (χ0n) is 9.38. The topological polar surface area (TPSA) is 29.1 Å². The summed E-state index contributed by atoms with van der Waals surface area (Å²) in [5.41, 5.74) is 0.959. The van der Waals surface area contributed by atoms with E-state index in [0.717, 1.165) is 0 Å². The van der Waals surface area contributed by atoms with Crippen LogP contribution in [0.5, 0.6) is 0 Å². The highest BCUT2D eigenvalue weighted by Gasteiger charge is 2.09. The fourth-order valence-corrected chi connectivity index (χ4v) is 2.29. The second kappa shape index (κ2) is 6.03. The van der Waals surface area contributed by atoms with Crippen LogP contribution in [0.15, 0.2) is 45.3 Å². The molecule has 6 heteroatoms. The van der Waals surface area contributed by atoms with Gasteiger partial charge in [-0.25, -0.2) is 4.39 Å². The number of hydrogen-bond donors (Lipinski definition) is 1. The molecule has 2 nitrogen and oxygen atoms in total. The Morgan fingerprint density at radius 1 is 1.11 bits per heavy atom. The first-order valence-electron chi connectivity index (χ1n) is 5.19. The number of carbonyl (C=O) groups is 1. The lowest BCUT2D eigenvalue weighted by molar-refractivity contribution is 0.102. The van der Waals surface area contributed by atoms with Crippen LogP contribution in [0.3, 0.4) is 0 Å². The van der Waals surface area contributed by atoms with Crippen molar-refractivity contribution in [1.82, 2.24) is 0 Å². The van der Waals surface area contributed by atoms with Crippen LogP contribution < -0.4 is 5.32 Å². The predicted octanol–water partition coefficient (Wildman–Crippen LogP) is 5.26. The van der Waals surface area contributed by atoms with E-state index in [-0.39, 0.29) is 10.4 Å². The Balaban J connectivity index is 2.20. The highest BCUT2D eigenvalue weighted by molar-refractivity contribution is 9.10. The van der Waals surface area contributed by atoms with Crippen LogP contribution in [-0.2, 0) is 0 Å². The number of rotatable bonds is 2. The number of amides is 1. The van der Waals surface area contributed by atoms with E-state index in [4.69, 9.17) is 11.6 Å². The molecule has 0 bridgehead atoms. The minimum atomic E-state index is -0.411. The van der Waals surface area contributed by atoms with Gasteiger partial charge < -0.3 is 5.32 Å². The van der Waals surface area contributed by atoms with Crippen molar-refractivity contribution in [2.75, 3.05) is 5.32 Å². The summed E-state index contributed by atoms with van der Waals surface area (Å²) in [5.74, 6) is -0.735.